The number of pyridine rings is 1. The van der Waals surface area contributed by atoms with E-state index in [9.17, 15) is 5.11 Å². The Labute approximate surface area is 126 Å². The van der Waals surface area contributed by atoms with Gasteiger partial charge < -0.3 is 9.84 Å². The summed E-state index contributed by atoms with van der Waals surface area (Å²) in [5.74, 6) is 0.808. The first-order valence-electron chi connectivity index (χ1n) is 7.57. The van der Waals surface area contributed by atoms with E-state index in [2.05, 4.69) is 24.9 Å². The quantitative estimate of drug-likeness (QED) is 0.843. The van der Waals surface area contributed by atoms with Gasteiger partial charge in [0.05, 0.1) is 12.7 Å². The normalized spacial score (nSPS) is 12.1. The van der Waals surface area contributed by atoms with Crippen LogP contribution >= 0.6 is 0 Å². The van der Waals surface area contributed by atoms with Crippen LogP contribution < -0.4 is 4.74 Å². The molecule has 0 amide bonds. The van der Waals surface area contributed by atoms with Crippen LogP contribution in [0.2, 0.25) is 0 Å². The van der Waals surface area contributed by atoms with E-state index in [1.54, 1.807) is 0 Å². The van der Waals surface area contributed by atoms with Gasteiger partial charge in [0.15, 0.2) is 0 Å². The molecule has 3 nitrogen and oxygen atoms in total. The third kappa shape index (κ3) is 4.57. The van der Waals surface area contributed by atoms with Crippen molar-refractivity contribution in [1.82, 2.24) is 4.98 Å². The molecule has 0 aliphatic carbocycles. The zero-order valence-corrected chi connectivity index (χ0v) is 12.7. The van der Waals surface area contributed by atoms with Crippen molar-refractivity contribution >= 4 is 0 Å². The molecular formula is C18H23NO2. The van der Waals surface area contributed by atoms with Crippen LogP contribution in [0.5, 0.6) is 5.75 Å². The molecule has 3 heteroatoms. The number of aliphatic hydroxyl groups is 1. The highest BCUT2D eigenvalue weighted by molar-refractivity contribution is 5.30. The lowest BCUT2D eigenvalue weighted by Crippen LogP contribution is -2.04. The lowest BCUT2D eigenvalue weighted by molar-refractivity contribution is 0.176. The Morgan fingerprint density at radius 1 is 1.19 bits per heavy atom. The Hall–Kier alpha value is -1.87. The van der Waals surface area contributed by atoms with E-state index in [1.807, 2.05) is 36.5 Å². The number of ether oxygens (including phenoxy) is 1. The molecule has 1 N–H and O–H groups in total. The molecule has 2 rings (SSSR count). The molecule has 1 unspecified atom stereocenters. The maximum atomic E-state index is 10.4. The van der Waals surface area contributed by atoms with E-state index in [0.717, 1.165) is 29.8 Å². The Kier molecular flexibility index (Phi) is 5.76. The summed E-state index contributed by atoms with van der Waals surface area (Å²) in [4.78, 5) is 4.40. The van der Waals surface area contributed by atoms with Crippen LogP contribution in [0, 0.1) is 0 Å². The van der Waals surface area contributed by atoms with Crippen molar-refractivity contribution in [1.29, 1.82) is 0 Å². The van der Waals surface area contributed by atoms with Gasteiger partial charge in [0.25, 0.3) is 0 Å². The zero-order chi connectivity index (χ0) is 15.1. The fourth-order valence-corrected chi connectivity index (χ4v) is 2.13. The molecule has 21 heavy (non-hydrogen) atoms. The number of aromatic nitrogens is 1. The number of nitrogens with zero attached hydrogens (tertiary/aromatic N) is 1. The number of hydrogen-bond donors (Lipinski definition) is 1. The Balaban J connectivity index is 2.03. The molecule has 1 atom stereocenters. The van der Waals surface area contributed by atoms with Crippen molar-refractivity contribution in [2.45, 2.75) is 39.2 Å². The van der Waals surface area contributed by atoms with Crippen LogP contribution in [0.15, 0.2) is 42.6 Å². The Morgan fingerprint density at radius 2 is 2.05 bits per heavy atom. The van der Waals surface area contributed by atoms with Crippen LogP contribution in [-0.4, -0.2) is 16.7 Å². The molecule has 0 bridgehead atoms. The van der Waals surface area contributed by atoms with Crippen LogP contribution in [-0.2, 0) is 12.8 Å². The Bertz CT molecular complexity index is 551. The average Bonchev–Trinajstić information content (AvgIpc) is 2.54. The van der Waals surface area contributed by atoms with Gasteiger partial charge in [-0.15, -0.1) is 0 Å². The van der Waals surface area contributed by atoms with Crippen LogP contribution in [0.3, 0.4) is 0 Å². The van der Waals surface area contributed by atoms with Gasteiger partial charge in [-0.2, -0.15) is 0 Å². The molecule has 0 saturated carbocycles. The molecule has 1 heterocycles. The monoisotopic (exact) mass is 285 g/mol. The van der Waals surface area contributed by atoms with Gasteiger partial charge in [0.1, 0.15) is 5.75 Å². The second-order valence-corrected chi connectivity index (χ2v) is 5.15. The minimum absolute atomic E-state index is 0.515. The fourth-order valence-electron chi connectivity index (χ4n) is 2.13. The molecule has 0 fully saturated rings. The third-order valence-electron chi connectivity index (χ3n) is 3.41. The van der Waals surface area contributed by atoms with Gasteiger partial charge in [-0.05, 0) is 42.2 Å². The van der Waals surface area contributed by atoms with E-state index in [1.165, 1.54) is 5.56 Å². The zero-order valence-electron chi connectivity index (χ0n) is 12.7. The molecular weight excluding hydrogens is 262 g/mol. The van der Waals surface area contributed by atoms with Gasteiger partial charge >= 0.3 is 0 Å². The molecule has 1 aromatic heterocycles. The van der Waals surface area contributed by atoms with E-state index in [0.29, 0.717) is 13.0 Å². The number of hydrogen-bond acceptors (Lipinski definition) is 3. The standard InChI is InChI=1S/C18H23NO2/c1-3-10-21-17-7-5-6-15(11-17)18(20)12-16-9-8-14(4-2)13-19-16/h5-9,11,13,18,20H,3-4,10,12H2,1-2H3. The predicted octanol–water partition coefficient (Wildman–Crippen LogP) is 3.71. The number of benzene rings is 1. The largest absolute Gasteiger partial charge is 0.494 e. The van der Waals surface area contributed by atoms with Gasteiger partial charge in [0.2, 0.25) is 0 Å². The van der Waals surface area contributed by atoms with Crippen molar-refractivity contribution in [3.05, 3.63) is 59.4 Å². The molecule has 0 aliphatic rings. The minimum atomic E-state index is -0.560. The summed E-state index contributed by atoms with van der Waals surface area (Å²) >= 11 is 0. The lowest BCUT2D eigenvalue weighted by Gasteiger charge is -2.13. The number of rotatable bonds is 7. The first-order chi connectivity index (χ1) is 10.2. The second-order valence-electron chi connectivity index (χ2n) is 5.15. The van der Waals surface area contributed by atoms with Gasteiger partial charge in [-0.3, -0.25) is 4.98 Å². The van der Waals surface area contributed by atoms with Crippen molar-refractivity contribution in [2.75, 3.05) is 6.61 Å². The molecule has 0 aliphatic heterocycles. The first-order valence-corrected chi connectivity index (χ1v) is 7.57. The molecule has 0 radical (unpaired) electrons. The van der Waals surface area contributed by atoms with Gasteiger partial charge in [-0.25, -0.2) is 0 Å². The van der Waals surface area contributed by atoms with E-state index >= 15 is 0 Å². The Morgan fingerprint density at radius 3 is 2.71 bits per heavy atom. The summed E-state index contributed by atoms with van der Waals surface area (Å²) in [6, 6.07) is 11.7. The number of aryl methyl sites for hydroxylation is 1. The van der Waals surface area contributed by atoms with Crippen molar-refractivity contribution in [3.8, 4) is 5.75 Å². The lowest BCUT2D eigenvalue weighted by atomic mass is 10.0. The van der Waals surface area contributed by atoms with Crippen LogP contribution in [0.1, 0.15) is 43.2 Å². The average molecular weight is 285 g/mol. The summed E-state index contributed by atoms with van der Waals surface area (Å²) in [5.41, 5.74) is 2.98. The molecule has 1 aromatic carbocycles. The maximum Gasteiger partial charge on any atom is 0.119 e. The third-order valence-corrected chi connectivity index (χ3v) is 3.41. The predicted molar refractivity (Wildman–Crippen MR) is 84.5 cm³/mol. The number of aliphatic hydroxyl groups excluding tert-OH is 1. The molecule has 2 aromatic rings. The highest BCUT2D eigenvalue weighted by Gasteiger charge is 2.10. The minimum Gasteiger partial charge on any atom is -0.494 e. The van der Waals surface area contributed by atoms with E-state index < -0.39 is 6.10 Å². The maximum absolute atomic E-state index is 10.4. The van der Waals surface area contributed by atoms with Crippen molar-refractivity contribution in [3.63, 3.8) is 0 Å². The van der Waals surface area contributed by atoms with Gasteiger partial charge in [0, 0.05) is 18.3 Å². The van der Waals surface area contributed by atoms with Crippen molar-refractivity contribution < 1.29 is 9.84 Å². The van der Waals surface area contributed by atoms with Crippen LogP contribution in [0.4, 0.5) is 0 Å². The summed E-state index contributed by atoms with van der Waals surface area (Å²) < 4.78 is 5.60. The SMILES string of the molecule is CCCOc1cccc(C(O)Cc2ccc(CC)cn2)c1. The molecule has 112 valence electrons. The smallest absolute Gasteiger partial charge is 0.119 e. The first kappa shape index (κ1) is 15.5. The molecule has 0 saturated heterocycles. The van der Waals surface area contributed by atoms with E-state index in [-0.39, 0.29) is 0 Å². The van der Waals surface area contributed by atoms with E-state index in [4.69, 9.17) is 4.74 Å². The summed E-state index contributed by atoms with van der Waals surface area (Å²) in [6.45, 7) is 4.87. The summed E-state index contributed by atoms with van der Waals surface area (Å²) in [6.07, 6.45) is 3.78. The summed E-state index contributed by atoms with van der Waals surface area (Å²) in [5, 5.41) is 10.4. The highest BCUT2D eigenvalue weighted by Crippen LogP contribution is 2.22. The topological polar surface area (TPSA) is 42.4 Å². The second kappa shape index (κ2) is 7.79. The fraction of sp³-hybridized carbons (Fsp3) is 0.389. The van der Waals surface area contributed by atoms with Crippen LogP contribution in [0.25, 0.3) is 0 Å². The molecule has 0 spiro atoms. The van der Waals surface area contributed by atoms with Gasteiger partial charge in [-0.1, -0.05) is 32.0 Å². The van der Waals surface area contributed by atoms with Crippen molar-refractivity contribution in [2.24, 2.45) is 0 Å². The highest BCUT2D eigenvalue weighted by atomic mass is 16.5. The summed E-state index contributed by atoms with van der Waals surface area (Å²) in [7, 11) is 0.